The first-order valence-electron chi connectivity index (χ1n) is 11.5. The molecule has 5 heterocycles. The summed E-state index contributed by atoms with van der Waals surface area (Å²) < 4.78 is 41.3. The molecule has 1 saturated heterocycles. The lowest BCUT2D eigenvalue weighted by molar-refractivity contribution is 0.00439. The van der Waals surface area contributed by atoms with Crippen molar-refractivity contribution >= 4 is 5.65 Å². The Morgan fingerprint density at radius 3 is 2.86 bits per heavy atom. The van der Waals surface area contributed by atoms with Gasteiger partial charge in [-0.15, -0.1) is 0 Å². The van der Waals surface area contributed by atoms with E-state index in [0.717, 1.165) is 17.7 Å². The van der Waals surface area contributed by atoms with Crippen molar-refractivity contribution in [2.24, 2.45) is 0 Å². The molecule has 2 atom stereocenters. The molecule has 4 aromatic rings. The number of benzene rings is 1. The van der Waals surface area contributed by atoms with Crippen molar-refractivity contribution in [1.82, 2.24) is 19.4 Å². The van der Waals surface area contributed by atoms with Crippen LogP contribution in [-0.4, -0.2) is 26.0 Å². The number of pyridine rings is 1. The smallest absolute Gasteiger partial charge is 0.263 e. The molecule has 0 bridgehead atoms. The van der Waals surface area contributed by atoms with E-state index >= 15 is 0 Å². The summed E-state index contributed by atoms with van der Waals surface area (Å²) in [6.45, 7) is 0.770. The first-order valence-corrected chi connectivity index (χ1v) is 11.5. The summed E-state index contributed by atoms with van der Waals surface area (Å²) >= 11 is 0. The van der Waals surface area contributed by atoms with Gasteiger partial charge in [-0.3, -0.25) is 14.2 Å². The van der Waals surface area contributed by atoms with Gasteiger partial charge in [0.15, 0.2) is 5.65 Å². The Bertz CT molecular complexity index is 1610. The van der Waals surface area contributed by atoms with Crippen LogP contribution >= 0.6 is 0 Å². The van der Waals surface area contributed by atoms with Crippen LogP contribution in [-0.2, 0) is 22.7 Å². The van der Waals surface area contributed by atoms with Gasteiger partial charge in [0.25, 0.3) is 5.56 Å². The van der Waals surface area contributed by atoms with Crippen LogP contribution in [0.25, 0.3) is 16.9 Å². The minimum absolute atomic E-state index is 0.0519. The molecule has 36 heavy (non-hydrogen) atoms. The van der Waals surface area contributed by atoms with Crippen molar-refractivity contribution in [2.75, 3.05) is 6.61 Å². The van der Waals surface area contributed by atoms with Gasteiger partial charge in [-0.2, -0.15) is 5.26 Å². The Hall–Kier alpha value is -4.07. The molecule has 0 aliphatic carbocycles. The fourth-order valence-electron chi connectivity index (χ4n) is 4.81. The van der Waals surface area contributed by atoms with Crippen molar-refractivity contribution in [3.8, 4) is 17.3 Å². The van der Waals surface area contributed by atoms with Crippen molar-refractivity contribution in [3.63, 3.8) is 0 Å². The second kappa shape index (κ2) is 8.86. The average Bonchev–Trinajstić information content (AvgIpc) is 3.38. The maximum atomic E-state index is 14.9. The lowest BCUT2D eigenvalue weighted by Gasteiger charge is -2.30. The van der Waals surface area contributed by atoms with Gasteiger partial charge in [0.1, 0.15) is 23.4 Å². The molecule has 2 aliphatic rings. The highest BCUT2D eigenvalue weighted by Crippen LogP contribution is 2.38. The highest BCUT2D eigenvalue weighted by molar-refractivity contribution is 5.74. The molecular formula is C26H19F2N5O3. The van der Waals surface area contributed by atoms with Crippen LogP contribution < -0.4 is 5.56 Å². The van der Waals surface area contributed by atoms with E-state index < -0.39 is 11.6 Å². The molecule has 10 heteroatoms. The molecule has 0 N–H and O–H groups in total. The van der Waals surface area contributed by atoms with Gasteiger partial charge >= 0.3 is 0 Å². The van der Waals surface area contributed by atoms with Crippen LogP contribution in [0, 0.1) is 23.0 Å². The third-order valence-electron chi connectivity index (χ3n) is 6.64. The molecule has 0 unspecified atom stereocenters. The monoisotopic (exact) mass is 487 g/mol. The van der Waals surface area contributed by atoms with Crippen LogP contribution in [0.15, 0.2) is 47.7 Å². The van der Waals surface area contributed by atoms with Crippen molar-refractivity contribution < 1.29 is 18.3 Å². The first-order chi connectivity index (χ1) is 17.5. The molecule has 2 aliphatic heterocycles. The number of nitriles is 1. The van der Waals surface area contributed by atoms with E-state index in [1.807, 2.05) is 0 Å². The van der Waals surface area contributed by atoms with Crippen LogP contribution in [0.1, 0.15) is 52.9 Å². The number of rotatable bonds is 3. The molecule has 180 valence electrons. The van der Waals surface area contributed by atoms with Crippen molar-refractivity contribution in [1.29, 1.82) is 5.26 Å². The zero-order valence-electron chi connectivity index (χ0n) is 18.9. The van der Waals surface area contributed by atoms with Gasteiger partial charge in [-0.25, -0.2) is 18.7 Å². The predicted molar refractivity (Wildman–Crippen MR) is 123 cm³/mol. The van der Waals surface area contributed by atoms with E-state index in [4.69, 9.17) is 14.5 Å². The second-order valence-corrected chi connectivity index (χ2v) is 8.87. The molecule has 1 fully saturated rings. The Kier molecular flexibility index (Phi) is 5.51. The largest absolute Gasteiger partial charge is 0.373 e. The van der Waals surface area contributed by atoms with E-state index in [0.29, 0.717) is 42.0 Å². The summed E-state index contributed by atoms with van der Waals surface area (Å²) in [5.74, 6) is -1.63. The summed E-state index contributed by atoms with van der Waals surface area (Å²) in [5, 5.41) is 9.22. The minimum Gasteiger partial charge on any atom is -0.373 e. The zero-order valence-corrected chi connectivity index (χ0v) is 18.9. The Labute approximate surface area is 203 Å². The van der Waals surface area contributed by atoms with Gasteiger partial charge in [-0.05, 0) is 31.0 Å². The van der Waals surface area contributed by atoms with Crippen molar-refractivity contribution in [3.05, 3.63) is 92.9 Å². The van der Waals surface area contributed by atoms with E-state index in [2.05, 4.69) is 16.0 Å². The molecule has 3 aromatic heterocycles. The molecule has 8 nitrogen and oxygen atoms in total. The fourth-order valence-corrected chi connectivity index (χ4v) is 4.81. The number of hydrogen-bond donors (Lipinski definition) is 0. The van der Waals surface area contributed by atoms with Crippen molar-refractivity contribution in [2.45, 2.75) is 38.1 Å². The Balaban J connectivity index is 1.49. The van der Waals surface area contributed by atoms with Crippen LogP contribution in [0.4, 0.5) is 8.78 Å². The summed E-state index contributed by atoms with van der Waals surface area (Å²) in [7, 11) is 0. The topological polar surface area (TPSA) is 102 Å². The predicted octanol–water partition coefficient (Wildman–Crippen LogP) is 3.97. The lowest BCUT2D eigenvalue weighted by atomic mass is 9.89. The number of halogens is 2. The SMILES string of the molecule is N#Cc1cncc([C@@H]2C[C@H](c3cn4c(=O)c5c(nc4c(-c4ccc(F)cc4F)n3)COC5)CCO2)c1. The summed E-state index contributed by atoms with van der Waals surface area (Å²) in [4.78, 5) is 26.8. The minimum atomic E-state index is -0.795. The van der Waals surface area contributed by atoms with E-state index in [1.54, 1.807) is 18.5 Å². The highest BCUT2D eigenvalue weighted by Gasteiger charge is 2.29. The second-order valence-electron chi connectivity index (χ2n) is 8.87. The standard InChI is InChI=1S/C26H19F2N5O3/c27-17-1-2-18(20(28)7-17)24-25-32-22-13-35-12-19(22)26(34)33(25)11-21(31-24)15-3-4-36-23(6-15)16-5-14(8-29)9-30-10-16/h1-2,5,7,9-11,15,23H,3-4,6,12-13H2/t15-,23+/m1/s1. The van der Waals surface area contributed by atoms with Gasteiger partial charge in [0, 0.05) is 48.3 Å². The van der Waals surface area contributed by atoms with Crippen LogP contribution in [0.5, 0.6) is 0 Å². The van der Waals surface area contributed by atoms with E-state index in [9.17, 15) is 18.8 Å². The third-order valence-corrected chi connectivity index (χ3v) is 6.64. The molecular weight excluding hydrogens is 468 g/mol. The Morgan fingerprint density at radius 2 is 2.03 bits per heavy atom. The van der Waals surface area contributed by atoms with E-state index in [-0.39, 0.29) is 47.7 Å². The van der Waals surface area contributed by atoms with Gasteiger partial charge in [0.2, 0.25) is 0 Å². The molecule has 0 amide bonds. The molecule has 0 saturated carbocycles. The molecule has 6 rings (SSSR count). The normalized spacial score (nSPS) is 19.2. The number of fused-ring (bicyclic) bond motifs is 2. The molecule has 0 radical (unpaired) electrons. The van der Waals surface area contributed by atoms with Gasteiger partial charge in [-0.1, -0.05) is 0 Å². The van der Waals surface area contributed by atoms with Crippen LogP contribution in [0.3, 0.4) is 0 Å². The fraction of sp³-hybridized carbons (Fsp3) is 0.269. The summed E-state index contributed by atoms with van der Waals surface area (Å²) in [5.41, 5.74) is 2.84. The van der Waals surface area contributed by atoms with Gasteiger partial charge < -0.3 is 9.47 Å². The molecule has 0 spiro atoms. The number of nitrogens with zero attached hydrogens (tertiary/aromatic N) is 5. The van der Waals surface area contributed by atoms with Crippen LogP contribution in [0.2, 0.25) is 0 Å². The maximum absolute atomic E-state index is 14.9. The number of ether oxygens (including phenoxy) is 2. The first kappa shape index (κ1) is 22.4. The average molecular weight is 487 g/mol. The van der Waals surface area contributed by atoms with Gasteiger partial charge in [0.05, 0.1) is 41.8 Å². The zero-order chi connectivity index (χ0) is 24.8. The summed E-state index contributed by atoms with van der Waals surface area (Å²) in [6.07, 6.45) is 5.62. The highest BCUT2D eigenvalue weighted by atomic mass is 19.1. The number of hydrogen-bond acceptors (Lipinski definition) is 7. The Morgan fingerprint density at radius 1 is 1.14 bits per heavy atom. The quantitative estimate of drug-likeness (QED) is 0.431. The number of aromatic nitrogens is 4. The summed E-state index contributed by atoms with van der Waals surface area (Å²) in [6, 6.07) is 7.06. The van der Waals surface area contributed by atoms with E-state index in [1.165, 1.54) is 16.7 Å². The maximum Gasteiger partial charge on any atom is 0.263 e. The lowest BCUT2D eigenvalue weighted by Crippen LogP contribution is -2.24. The third kappa shape index (κ3) is 3.82. The molecule has 1 aromatic carbocycles.